The number of aromatic nitrogens is 5. The lowest BCUT2D eigenvalue weighted by Gasteiger charge is -2.29. The number of imidazole rings is 1. The molecule has 0 aliphatic carbocycles. The van der Waals surface area contributed by atoms with E-state index >= 15 is 0 Å². The molecule has 0 bridgehead atoms. The molecule has 1 aliphatic heterocycles. The van der Waals surface area contributed by atoms with Gasteiger partial charge in [-0.2, -0.15) is 19.3 Å². The van der Waals surface area contributed by atoms with E-state index in [4.69, 9.17) is 10.5 Å². The monoisotopic (exact) mass is 486 g/mol. The molecule has 1 fully saturated rings. The van der Waals surface area contributed by atoms with Crippen LogP contribution in [-0.2, 0) is 33.2 Å². The number of nitrogens with zero attached hydrogens (tertiary/aromatic N) is 6. The highest BCUT2D eigenvalue weighted by Gasteiger charge is 2.34. The second kappa shape index (κ2) is 9.73. The van der Waals surface area contributed by atoms with Gasteiger partial charge in [0, 0.05) is 32.0 Å². The number of benzene rings is 1. The number of carbonyl (C=O) groups excluding carboxylic acids is 1. The summed E-state index contributed by atoms with van der Waals surface area (Å²) in [6.07, 6.45) is 2.19. The minimum Gasteiger partial charge on any atom is -0.457 e. The molecule has 0 amide bonds. The minimum absolute atomic E-state index is 0.00255. The Labute approximate surface area is 197 Å². The summed E-state index contributed by atoms with van der Waals surface area (Å²) in [7, 11) is -1.96. The largest absolute Gasteiger partial charge is 0.457 e. The van der Waals surface area contributed by atoms with Crippen LogP contribution >= 0.6 is 0 Å². The molecule has 0 atom stereocenters. The maximum atomic E-state index is 12.8. The Kier molecular flexibility index (Phi) is 6.75. The molecule has 180 valence electrons. The van der Waals surface area contributed by atoms with E-state index in [2.05, 4.69) is 25.3 Å². The van der Waals surface area contributed by atoms with Crippen molar-refractivity contribution in [1.82, 2.24) is 28.8 Å². The number of aryl methyl sites for hydroxylation is 2. The number of para-hydroxylation sites is 1. The van der Waals surface area contributed by atoms with E-state index in [0.717, 1.165) is 5.69 Å². The molecule has 1 saturated heterocycles. The van der Waals surface area contributed by atoms with Crippen molar-refractivity contribution < 1.29 is 17.9 Å². The highest BCUT2D eigenvalue weighted by Crippen LogP contribution is 2.24. The van der Waals surface area contributed by atoms with Crippen molar-refractivity contribution in [2.75, 3.05) is 24.1 Å². The molecule has 3 N–H and O–H groups in total. The summed E-state index contributed by atoms with van der Waals surface area (Å²) >= 11 is 0. The highest BCUT2D eigenvalue weighted by atomic mass is 32.2. The average Bonchev–Trinajstić information content (AvgIpc) is 3.17. The second-order valence-corrected chi connectivity index (χ2v) is 9.83. The maximum Gasteiger partial charge on any atom is 0.309 e. The van der Waals surface area contributed by atoms with Gasteiger partial charge in [0.1, 0.15) is 5.82 Å². The van der Waals surface area contributed by atoms with Crippen LogP contribution in [0.5, 0.6) is 0 Å². The number of piperidine rings is 1. The zero-order valence-electron chi connectivity index (χ0n) is 18.9. The number of nitrogen functional groups attached to an aromatic ring is 1. The van der Waals surface area contributed by atoms with Crippen LogP contribution in [0.15, 0.2) is 41.6 Å². The van der Waals surface area contributed by atoms with Crippen molar-refractivity contribution in [1.29, 1.82) is 0 Å². The number of rotatable bonds is 7. The molecule has 12 nitrogen and oxygen atoms in total. The normalized spacial score (nSPS) is 15.2. The van der Waals surface area contributed by atoms with Crippen LogP contribution in [-0.4, -0.2) is 56.3 Å². The Balaban J connectivity index is 1.32. The lowest BCUT2D eigenvalue weighted by molar-refractivity contribution is -0.151. The van der Waals surface area contributed by atoms with E-state index in [0.29, 0.717) is 18.7 Å². The maximum absolute atomic E-state index is 12.8. The third-order valence-corrected chi connectivity index (χ3v) is 7.32. The first-order valence-electron chi connectivity index (χ1n) is 10.7. The number of nitrogens with two attached hydrogens (primary N) is 1. The van der Waals surface area contributed by atoms with E-state index in [1.165, 1.54) is 10.5 Å². The Morgan fingerprint density at radius 3 is 2.50 bits per heavy atom. The van der Waals surface area contributed by atoms with Gasteiger partial charge in [-0.3, -0.25) is 4.79 Å². The van der Waals surface area contributed by atoms with Gasteiger partial charge >= 0.3 is 5.97 Å². The lowest BCUT2D eigenvalue weighted by Crippen LogP contribution is -2.40. The van der Waals surface area contributed by atoms with Crippen LogP contribution in [0.4, 0.5) is 17.6 Å². The van der Waals surface area contributed by atoms with Gasteiger partial charge in [-0.05, 0) is 31.9 Å². The third kappa shape index (κ3) is 5.31. The molecule has 1 aliphatic rings. The van der Waals surface area contributed by atoms with E-state index in [1.54, 1.807) is 18.5 Å². The lowest BCUT2D eigenvalue weighted by atomic mass is 9.98. The van der Waals surface area contributed by atoms with Crippen molar-refractivity contribution in [3.63, 3.8) is 0 Å². The summed E-state index contributed by atoms with van der Waals surface area (Å²) in [6.45, 7) is 1.99. The van der Waals surface area contributed by atoms with Gasteiger partial charge < -0.3 is 20.4 Å². The summed E-state index contributed by atoms with van der Waals surface area (Å²) in [5.74, 6) is 0.221. The third-order valence-electron chi connectivity index (χ3n) is 5.55. The zero-order chi connectivity index (χ0) is 24.3. The molecule has 0 radical (unpaired) electrons. The van der Waals surface area contributed by atoms with Gasteiger partial charge in [0.15, 0.2) is 17.5 Å². The summed E-state index contributed by atoms with van der Waals surface area (Å²) in [4.78, 5) is 29.0. The fourth-order valence-corrected chi connectivity index (χ4v) is 5.07. The van der Waals surface area contributed by atoms with Crippen LogP contribution in [0, 0.1) is 12.8 Å². The minimum atomic E-state index is -3.70. The summed E-state index contributed by atoms with van der Waals surface area (Å²) in [6, 6.07) is 9.31. The van der Waals surface area contributed by atoms with Gasteiger partial charge in [-0.1, -0.05) is 18.2 Å². The van der Waals surface area contributed by atoms with Gasteiger partial charge in [0.2, 0.25) is 11.9 Å². The van der Waals surface area contributed by atoms with Crippen LogP contribution in [0.2, 0.25) is 0 Å². The van der Waals surface area contributed by atoms with Gasteiger partial charge in [-0.25, -0.2) is 13.4 Å². The smallest absolute Gasteiger partial charge is 0.309 e. The first-order valence-corrected chi connectivity index (χ1v) is 12.2. The van der Waals surface area contributed by atoms with Gasteiger partial charge in [-0.15, -0.1) is 0 Å². The van der Waals surface area contributed by atoms with E-state index < -0.39 is 21.9 Å². The quantitative estimate of drug-likeness (QED) is 0.467. The average molecular weight is 487 g/mol. The Hall–Kier alpha value is -3.58. The second-order valence-electron chi connectivity index (χ2n) is 7.95. The van der Waals surface area contributed by atoms with Crippen molar-refractivity contribution in [3.05, 3.63) is 48.2 Å². The zero-order valence-corrected chi connectivity index (χ0v) is 19.7. The topological polar surface area (TPSA) is 158 Å². The van der Waals surface area contributed by atoms with E-state index in [1.807, 2.05) is 30.3 Å². The van der Waals surface area contributed by atoms with E-state index in [-0.39, 0.29) is 42.4 Å². The molecule has 1 aromatic carbocycles. The molecule has 13 heteroatoms. The Morgan fingerprint density at radius 2 is 1.85 bits per heavy atom. The number of hydrogen-bond acceptors (Lipinski definition) is 10. The SMILES string of the molecule is Cc1nc(S(=O)(=O)N2CCC(C(=O)OCc3nc(N)nc(Nc4ccccc4)n3)CC2)cn1C. The summed E-state index contributed by atoms with van der Waals surface area (Å²) in [5, 5.41) is 3.04. The Morgan fingerprint density at radius 1 is 1.15 bits per heavy atom. The molecule has 3 aromatic rings. The van der Waals surface area contributed by atoms with Crippen LogP contribution in [0.3, 0.4) is 0 Å². The molecule has 4 rings (SSSR count). The standard InChI is InChI=1S/C21H26N8O4S/c1-14-23-18(12-28(14)2)34(31,32)29-10-8-15(9-11-29)19(30)33-13-17-25-20(22)27-21(26-17)24-16-6-4-3-5-7-16/h3-7,12,15H,8-11,13H2,1-2H3,(H3,22,24,25,26,27). The number of ether oxygens (including phenoxy) is 1. The number of carbonyl (C=O) groups is 1. The summed E-state index contributed by atoms with van der Waals surface area (Å²) < 4.78 is 34.1. The molecule has 3 heterocycles. The summed E-state index contributed by atoms with van der Waals surface area (Å²) in [5.41, 5.74) is 6.54. The predicted octanol–water partition coefficient (Wildman–Crippen LogP) is 1.38. The number of esters is 1. The molecular weight excluding hydrogens is 460 g/mol. The van der Waals surface area contributed by atoms with Gasteiger partial charge in [0.05, 0.1) is 5.92 Å². The first kappa shape index (κ1) is 23.6. The number of anilines is 3. The highest BCUT2D eigenvalue weighted by molar-refractivity contribution is 7.89. The number of hydrogen-bond donors (Lipinski definition) is 2. The number of nitrogens with one attached hydrogen (secondary N) is 1. The van der Waals surface area contributed by atoms with Gasteiger partial charge in [0.25, 0.3) is 10.0 Å². The fraction of sp³-hybridized carbons (Fsp3) is 0.381. The molecule has 0 unspecified atom stereocenters. The first-order chi connectivity index (χ1) is 16.2. The fourth-order valence-electron chi connectivity index (χ4n) is 3.58. The van der Waals surface area contributed by atoms with Crippen molar-refractivity contribution >= 4 is 33.6 Å². The van der Waals surface area contributed by atoms with Crippen molar-refractivity contribution in [2.24, 2.45) is 13.0 Å². The van der Waals surface area contributed by atoms with Crippen LogP contribution in [0.1, 0.15) is 24.5 Å². The van der Waals surface area contributed by atoms with Crippen molar-refractivity contribution in [2.45, 2.75) is 31.4 Å². The molecule has 2 aromatic heterocycles. The predicted molar refractivity (Wildman–Crippen MR) is 123 cm³/mol. The van der Waals surface area contributed by atoms with Crippen LogP contribution < -0.4 is 11.1 Å². The van der Waals surface area contributed by atoms with Crippen molar-refractivity contribution in [3.8, 4) is 0 Å². The van der Waals surface area contributed by atoms with E-state index in [9.17, 15) is 13.2 Å². The molecule has 0 saturated carbocycles. The number of sulfonamides is 1. The van der Waals surface area contributed by atoms with Crippen LogP contribution in [0.25, 0.3) is 0 Å². The molecule has 0 spiro atoms. The molecular formula is C21H26N8O4S. The molecule has 34 heavy (non-hydrogen) atoms. The Bertz CT molecular complexity index is 1250.